The van der Waals surface area contributed by atoms with E-state index in [4.69, 9.17) is 0 Å². The highest BCUT2D eigenvalue weighted by molar-refractivity contribution is 5.94. The Labute approximate surface area is 155 Å². The van der Waals surface area contributed by atoms with Gasteiger partial charge in [-0.15, -0.1) is 0 Å². The normalized spacial score (nSPS) is 20.1. The summed E-state index contributed by atoms with van der Waals surface area (Å²) in [6.45, 7) is 2.05. The lowest BCUT2D eigenvalue weighted by Crippen LogP contribution is -2.51. The van der Waals surface area contributed by atoms with Crippen molar-refractivity contribution in [1.82, 2.24) is 10.2 Å². The molecule has 3 nitrogen and oxygen atoms in total. The van der Waals surface area contributed by atoms with Crippen LogP contribution in [0.2, 0.25) is 0 Å². The summed E-state index contributed by atoms with van der Waals surface area (Å²) in [7, 11) is 0. The average Bonchev–Trinajstić information content (AvgIpc) is 3.12. The van der Waals surface area contributed by atoms with Crippen LogP contribution in [0.1, 0.15) is 29.5 Å². The van der Waals surface area contributed by atoms with Gasteiger partial charge in [0.15, 0.2) is 0 Å². The molecule has 1 fully saturated rings. The van der Waals surface area contributed by atoms with Crippen LogP contribution in [0.5, 0.6) is 0 Å². The van der Waals surface area contributed by atoms with Gasteiger partial charge in [-0.25, -0.2) is 0 Å². The fraction of sp³-hybridized carbons (Fsp3) is 0.348. The van der Waals surface area contributed by atoms with Gasteiger partial charge in [-0.1, -0.05) is 48.4 Å². The average molecular weight is 344 g/mol. The van der Waals surface area contributed by atoms with E-state index in [0.717, 1.165) is 44.3 Å². The second kappa shape index (κ2) is 7.76. The molecular weight excluding hydrogens is 320 g/mol. The number of nitrogens with one attached hydrogen (secondary N) is 1. The molecule has 1 atom stereocenters. The van der Waals surface area contributed by atoms with Crippen molar-refractivity contribution in [2.75, 3.05) is 13.1 Å². The zero-order valence-corrected chi connectivity index (χ0v) is 14.9. The molecule has 4 rings (SSSR count). The zero-order valence-electron chi connectivity index (χ0n) is 14.9. The molecule has 2 aromatic rings. The molecular formula is C23H24N2O. The first-order valence-corrected chi connectivity index (χ1v) is 9.46. The smallest absolute Gasteiger partial charge is 0.296 e. The van der Waals surface area contributed by atoms with Crippen LogP contribution in [0.4, 0.5) is 0 Å². The van der Waals surface area contributed by atoms with Crippen molar-refractivity contribution in [3.05, 3.63) is 71.3 Å². The van der Waals surface area contributed by atoms with Crippen LogP contribution in [0.25, 0.3) is 0 Å². The maximum atomic E-state index is 12.2. The topological polar surface area (TPSA) is 32.3 Å². The highest BCUT2D eigenvalue weighted by atomic mass is 16.1. The fourth-order valence-electron chi connectivity index (χ4n) is 4.12. The SMILES string of the molecule is O=C(C#Cc1ccccc1)N[C@@H]1CCCN(C2Cc3ccccc3C2)C1. The van der Waals surface area contributed by atoms with E-state index < -0.39 is 0 Å². The van der Waals surface area contributed by atoms with Gasteiger partial charge in [-0.2, -0.15) is 0 Å². The Bertz CT molecular complexity index is 809. The summed E-state index contributed by atoms with van der Waals surface area (Å²) < 4.78 is 0. The third-order valence-corrected chi connectivity index (χ3v) is 5.43. The van der Waals surface area contributed by atoms with Gasteiger partial charge in [0, 0.05) is 30.1 Å². The van der Waals surface area contributed by atoms with Crippen LogP contribution in [-0.4, -0.2) is 36.0 Å². The van der Waals surface area contributed by atoms with E-state index in [2.05, 4.69) is 46.3 Å². The molecule has 0 bridgehead atoms. The van der Waals surface area contributed by atoms with Crippen LogP contribution in [-0.2, 0) is 17.6 Å². The first-order chi connectivity index (χ1) is 12.8. The number of carbonyl (C=O) groups excluding carboxylic acids is 1. The van der Waals surface area contributed by atoms with Crippen LogP contribution in [0, 0.1) is 11.8 Å². The third-order valence-electron chi connectivity index (χ3n) is 5.43. The highest BCUT2D eigenvalue weighted by Crippen LogP contribution is 2.27. The van der Waals surface area contributed by atoms with Crippen molar-refractivity contribution >= 4 is 5.91 Å². The molecule has 3 heteroatoms. The van der Waals surface area contributed by atoms with Crippen molar-refractivity contribution in [2.24, 2.45) is 0 Å². The Morgan fingerprint density at radius 2 is 1.69 bits per heavy atom. The van der Waals surface area contributed by atoms with Gasteiger partial charge in [-0.3, -0.25) is 9.69 Å². The minimum atomic E-state index is -0.171. The van der Waals surface area contributed by atoms with Gasteiger partial charge >= 0.3 is 0 Å². The number of nitrogens with zero attached hydrogens (tertiary/aromatic N) is 1. The number of fused-ring (bicyclic) bond motifs is 1. The monoisotopic (exact) mass is 344 g/mol. The van der Waals surface area contributed by atoms with Crippen molar-refractivity contribution in [3.8, 4) is 11.8 Å². The fourth-order valence-corrected chi connectivity index (χ4v) is 4.12. The van der Waals surface area contributed by atoms with Gasteiger partial charge in [-0.05, 0) is 55.5 Å². The van der Waals surface area contributed by atoms with E-state index in [9.17, 15) is 4.79 Å². The predicted octanol–water partition coefficient (Wildman–Crippen LogP) is 2.79. The summed E-state index contributed by atoms with van der Waals surface area (Å²) in [6, 6.07) is 19.2. The molecule has 1 amide bonds. The second-order valence-corrected chi connectivity index (χ2v) is 7.25. The first-order valence-electron chi connectivity index (χ1n) is 9.46. The van der Waals surface area contributed by atoms with E-state index in [1.165, 1.54) is 11.1 Å². The molecule has 26 heavy (non-hydrogen) atoms. The Balaban J connectivity index is 1.33. The lowest BCUT2D eigenvalue weighted by Gasteiger charge is -2.36. The maximum absolute atomic E-state index is 12.2. The first kappa shape index (κ1) is 16.9. The summed E-state index contributed by atoms with van der Waals surface area (Å²) in [5.41, 5.74) is 3.84. The molecule has 1 aliphatic heterocycles. The molecule has 1 heterocycles. The molecule has 0 radical (unpaired) electrons. The summed E-state index contributed by atoms with van der Waals surface area (Å²) in [5.74, 6) is 5.49. The third kappa shape index (κ3) is 3.98. The molecule has 0 saturated carbocycles. The van der Waals surface area contributed by atoms with Crippen LogP contribution in [0.3, 0.4) is 0 Å². The Morgan fingerprint density at radius 3 is 2.42 bits per heavy atom. The number of carbonyl (C=O) groups is 1. The van der Waals surface area contributed by atoms with Gasteiger partial charge in [0.25, 0.3) is 5.91 Å². The lowest BCUT2D eigenvalue weighted by molar-refractivity contribution is -0.116. The summed E-state index contributed by atoms with van der Waals surface area (Å²) >= 11 is 0. The van der Waals surface area contributed by atoms with Gasteiger partial charge in [0.1, 0.15) is 0 Å². The zero-order chi connectivity index (χ0) is 17.8. The Morgan fingerprint density at radius 1 is 1.00 bits per heavy atom. The Hall–Kier alpha value is -2.57. The molecule has 0 unspecified atom stereocenters. The van der Waals surface area contributed by atoms with Crippen molar-refractivity contribution in [2.45, 2.75) is 37.8 Å². The number of rotatable bonds is 2. The second-order valence-electron chi connectivity index (χ2n) is 7.25. The number of piperidine rings is 1. The van der Waals surface area contributed by atoms with Crippen molar-refractivity contribution < 1.29 is 4.79 Å². The van der Waals surface area contributed by atoms with Gasteiger partial charge in [0.2, 0.25) is 0 Å². The molecule has 0 aromatic heterocycles. The van der Waals surface area contributed by atoms with Crippen LogP contribution >= 0.6 is 0 Å². The van der Waals surface area contributed by atoms with E-state index in [1.807, 2.05) is 30.3 Å². The van der Waals surface area contributed by atoms with Gasteiger partial charge < -0.3 is 5.32 Å². The van der Waals surface area contributed by atoms with Crippen molar-refractivity contribution in [1.29, 1.82) is 0 Å². The Kier molecular flexibility index (Phi) is 5.04. The quantitative estimate of drug-likeness (QED) is 0.850. The molecule has 0 spiro atoms. The minimum absolute atomic E-state index is 0.171. The number of likely N-dealkylation sites (tertiary alicyclic amines) is 1. The number of benzene rings is 2. The number of amides is 1. The number of hydrogen-bond donors (Lipinski definition) is 1. The molecule has 1 saturated heterocycles. The van der Waals surface area contributed by atoms with E-state index in [0.29, 0.717) is 6.04 Å². The van der Waals surface area contributed by atoms with E-state index >= 15 is 0 Å². The van der Waals surface area contributed by atoms with E-state index in [-0.39, 0.29) is 11.9 Å². The van der Waals surface area contributed by atoms with Crippen LogP contribution in [0.15, 0.2) is 54.6 Å². The predicted molar refractivity (Wildman–Crippen MR) is 104 cm³/mol. The molecule has 1 aliphatic carbocycles. The number of hydrogen-bond acceptors (Lipinski definition) is 2. The largest absolute Gasteiger partial charge is 0.341 e. The molecule has 132 valence electrons. The summed E-state index contributed by atoms with van der Waals surface area (Å²) in [5, 5.41) is 3.11. The van der Waals surface area contributed by atoms with Crippen LogP contribution < -0.4 is 5.32 Å². The molecule has 2 aliphatic rings. The van der Waals surface area contributed by atoms with Gasteiger partial charge in [0.05, 0.1) is 0 Å². The van der Waals surface area contributed by atoms with Crippen molar-refractivity contribution in [3.63, 3.8) is 0 Å². The summed E-state index contributed by atoms with van der Waals surface area (Å²) in [4.78, 5) is 14.7. The van der Waals surface area contributed by atoms with E-state index in [1.54, 1.807) is 0 Å². The summed E-state index contributed by atoms with van der Waals surface area (Å²) in [6.07, 6.45) is 4.42. The standard InChI is InChI=1S/C23H24N2O/c26-23(13-12-18-7-2-1-3-8-18)24-21-11-6-14-25(17-21)22-15-19-9-4-5-10-20(19)16-22/h1-5,7-10,21-22H,6,11,14-17H2,(H,24,26)/t21-/m1/s1. The minimum Gasteiger partial charge on any atom is -0.341 e. The molecule has 2 aromatic carbocycles. The maximum Gasteiger partial charge on any atom is 0.296 e. The molecule has 1 N–H and O–H groups in total. The highest BCUT2D eigenvalue weighted by Gasteiger charge is 2.30. The lowest BCUT2D eigenvalue weighted by atomic mass is 10.0.